The van der Waals surface area contributed by atoms with Gasteiger partial charge in [0, 0.05) is 29.0 Å². The van der Waals surface area contributed by atoms with Crippen LogP contribution in [0.15, 0.2) is 72.9 Å². The van der Waals surface area contributed by atoms with Gasteiger partial charge >= 0.3 is 0 Å². The van der Waals surface area contributed by atoms with Crippen LogP contribution in [-0.4, -0.2) is 4.98 Å². The zero-order valence-electron chi connectivity index (χ0n) is 15.9. The number of hydrogen-bond donors (Lipinski definition) is 1. The highest BCUT2D eigenvalue weighted by atomic mass is 35.5. The monoisotopic (exact) mass is 390 g/mol. The summed E-state index contributed by atoms with van der Waals surface area (Å²) in [5.41, 5.74) is 7.59. The Morgan fingerprint density at radius 2 is 1.79 bits per heavy atom. The highest BCUT2D eigenvalue weighted by molar-refractivity contribution is 5.90. The Labute approximate surface area is 171 Å². The molecule has 4 aromatic rings. The number of nitrogens with one attached hydrogen (secondary N) is 1. The smallest absolute Gasteiger partial charge is 0.229 e. The van der Waals surface area contributed by atoms with Crippen LogP contribution in [0.4, 0.5) is 0 Å². The standard InChI is InChI=1S/C24H22N2O.ClH/c1-17(27-16-18-7-3-2-4-8-18)19-11-12-23-24-21(13-14-26(23)15-19)20-9-5-6-10-22(20)25-24;/h2-12,15,17H,13-14,16H2,1H3;1H. The number of fused-ring (bicyclic) bond motifs is 5. The maximum absolute atomic E-state index is 6.10. The van der Waals surface area contributed by atoms with Gasteiger partial charge in [-0.1, -0.05) is 48.5 Å². The Morgan fingerprint density at radius 3 is 2.64 bits per heavy atom. The number of aromatic nitrogens is 2. The normalized spacial score (nSPS) is 13.5. The number of aromatic amines is 1. The van der Waals surface area contributed by atoms with Gasteiger partial charge in [-0.15, -0.1) is 0 Å². The van der Waals surface area contributed by atoms with Crippen molar-refractivity contribution in [2.45, 2.75) is 32.6 Å². The summed E-state index contributed by atoms with van der Waals surface area (Å²) in [5.74, 6) is 0. The van der Waals surface area contributed by atoms with Gasteiger partial charge in [0.15, 0.2) is 12.7 Å². The lowest BCUT2D eigenvalue weighted by Crippen LogP contribution is -3.00. The Balaban J connectivity index is 0.00000192. The summed E-state index contributed by atoms with van der Waals surface area (Å²) in [5, 5.41) is 1.35. The Morgan fingerprint density at radius 1 is 1.00 bits per heavy atom. The largest absolute Gasteiger partial charge is 1.00 e. The molecule has 0 aliphatic carbocycles. The molecule has 1 aliphatic heterocycles. The molecule has 1 atom stereocenters. The second-order valence-electron chi connectivity index (χ2n) is 7.25. The van der Waals surface area contributed by atoms with Gasteiger partial charge in [0.2, 0.25) is 5.69 Å². The third-order valence-corrected chi connectivity index (χ3v) is 5.53. The van der Waals surface area contributed by atoms with Crippen LogP contribution in [0.5, 0.6) is 0 Å². The van der Waals surface area contributed by atoms with Gasteiger partial charge in [0.05, 0.1) is 12.7 Å². The van der Waals surface area contributed by atoms with Crippen molar-refractivity contribution in [2.24, 2.45) is 0 Å². The molecule has 1 unspecified atom stereocenters. The number of hydrogen-bond acceptors (Lipinski definition) is 1. The summed E-state index contributed by atoms with van der Waals surface area (Å²) >= 11 is 0. The number of halogens is 1. The number of nitrogens with zero attached hydrogens (tertiary/aromatic N) is 1. The predicted molar refractivity (Wildman–Crippen MR) is 107 cm³/mol. The van der Waals surface area contributed by atoms with Crippen molar-refractivity contribution in [2.75, 3.05) is 0 Å². The van der Waals surface area contributed by atoms with E-state index in [0.717, 1.165) is 13.0 Å². The molecule has 1 N–H and O–H groups in total. The lowest BCUT2D eigenvalue weighted by molar-refractivity contribution is -0.688. The van der Waals surface area contributed by atoms with Crippen LogP contribution in [0.1, 0.15) is 29.7 Å². The Hall–Kier alpha value is -2.62. The fourth-order valence-corrected chi connectivity index (χ4v) is 4.02. The minimum atomic E-state index is 0. The van der Waals surface area contributed by atoms with Crippen LogP contribution in [-0.2, 0) is 24.3 Å². The first kappa shape index (κ1) is 18.7. The molecule has 2 aromatic heterocycles. The number of benzene rings is 2. The third-order valence-electron chi connectivity index (χ3n) is 5.53. The highest BCUT2D eigenvalue weighted by Gasteiger charge is 2.27. The van der Waals surface area contributed by atoms with E-state index in [4.69, 9.17) is 4.74 Å². The van der Waals surface area contributed by atoms with E-state index in [0.29, 0.717) is 6.61 Å². The number of para-hydroxylation sites is 1. The molecule has 4 heteroatoms. The zero-order chi connectivity index (χ0) is 18.2. The van der Waals surface area contributed by atoms with Gasteiger partial charge in [-0.25, -0.2) is 0 Å². The predicted octanol–water partition coefficient (Wildman–Crippen LogP) is 1.96. The Kier molecular flexibility index (Phi) is 5.21. The topological polar surface area (TPSA) is 28.9 Å². The molecule has 0 saturated carbocycles. The maximum Gasteiger partial charge on any atom is 0.229 e. The average Bonchev–Trinajstić information content (AvgIpc) is 3.11. The molecule has 3 nitrogen and oxygen atoms in total. The van der Waals surface area contributed by atoms with E-state index in [9.17, 15) is 0 Å². The number of ether oxygens (including phenoxy) is 1. The summed E-state index contributed by atoms with van der Waals surface area (Å²) < 4.78 is 8.46. The van der Waals surface area contributed by atoms with Crippen molar-refractivity contribution < 1.29 is 21.7 Å². The average molecular weight is 391 g/mol. The molecule has 0 amide bonds. The van der Waals surface area contributed by atoms with Crippen LogP contribution >= 0.6 is 0 Å². The van der Waals surface area contributed by atoms with Gasteiger partial charge in [0.25, 0.3) is 0 Å². The molecule has 0 fully saturated rings. The summed E-state index contributed by atoms with van der Waals surface area (Å²) in [6.45, 7) is 3.77. The van der Waals surface area contributed by atoms with Gasteiger partial charge in [-0.05, 0) is 30.2 Å². The van der Waals surface area contributed by atoms with E-state index in [1.807, 2.05) is 6.07 Å². The van der Waals surface area contributed by atoms with E-state index < -0.39 is 0 Å². The fourth-order valence-electron chi connectivity index (χ4n) is 4.02. The quantitative estimate of drug-likeness (QED) is 0.530. The summed E-state index contributed by atoms with van der Waals surface area (Å²) in [7, 11) is 0. The first-order valence-corrected chi connectivity index (χ1v) is 9.58. The SMILES string of the molecule is CC(OCc1ccccc1)c1ccc2[n+](c1)CCc1c-2[nH]c2ccccc12.[Cl-]. The van der Waals surface area contributed by atoms with Crippen molar-refractivity contribution in [3.05, 3.63) is 89.6 Å². The molecular weight excluding hydrogens is 368 g/mol. The Bertz CT molecular complexity index is 1100. The molecule has 0 bridgehead atoms. The van der Waals surface area contributed by atoms with Crippen molar-refractivity contribution >= 4 is 10.9 Å². The van der Waals surface area contributed by atoms with Gasteiger partial charge in [0.1, 0.15) is 5.69 Å². The van der Waals surface area contributed by atoms with Crippen LogP contribution in [0, 0.1) is 0 Å². The van der Waals surface area contributed by atoms with Crippen molar-refractivity contribution in [3.63, 3.8) is 0 Å². The minimum Gasteiger partial charge on any atom is -1.00 e. The number of aryl methyl sites for hydroxylation is 2. The summed E-state index contributed by atoms with van der Waals surface area (Å²) in [4.78, 5) is 3.62. The molecule has 28 heavy (non-hydrogen) atoms. The van der Waals surface area contributed by atoms with E-state index in [2.05, 4.69) is 83.3 Å². The highest BCUT2D eigenvalue weighted by Crippen LogP contribution is 2.32. The van der Waals surface area contributed by atoms with E-state index in [-0.39, 0.29) is 18.5 Å². The summed E-state index contributed by atoms with van der Waals surface area (Å²) in [6, 6.07) is 23.4. The van der Waals surface area contributed by atoms with Crippen LogP contribution < -0.4 is 17.0 Å². The maximum atomic E-state index is 6.10. The molecule has 1 aliphatic rings. The first-order valence-electron chi connectivity index (χ1n) is 9.58. The van der Waals surface area contributed by atoms with Crippen molar-refractivity contribution in [3.8, 4) is 11.4 Å². The second kappa shape index (κ2) is 7.78. The fraction of sp³-hybridized carbons (Fsp3) is 0.208. The molecule has 0 radical (unpaired) electrons. The lowest BCUT2D eigenvalue weighted by Gasteiger charge is -2.16. The van der Waals surface area contributed by atoms with Gasteiger partial charge < -0.3 is 22.1 Å². The van der Waals surface area contributed by atoms with Crippen LogP contribution in [0.25, 0.3) is 22.3 Å². The van der Waals surface area contributed by atoms with Crippen molar-refractivity contribution in [1.82, 2.24) is 4.98 Å². The number of H-pyrrole nitrogens is 1. The van der Waals surface area contributed by atoms with Gasteiger partial charge in [-0.3, -0.25) is 0 Å². The summed E-state index contributed by atoms with van der Waals surface area (Å²) in [6.07, 6.45) is 3.37. The minimum absolute atomic E-state index is 0. The first-order chi connectivity index (χ1) is 13.3. The van der Waals surface area contributed by atoms with E-state index in [1.54, 1.807) is 0 Å². The molecular formula is C24H23ClN2O. The van der Waals surface area contributed by atoms with Crippen LogP contribution in [0.3, 0.4) is 0 Å². The molecule has 142 valence electrons. The molecule has 0 saturated heterocycles. The zero-order valence-corrected chi connectivity index (χ0v) is 16.6. The molecule has 5 rings (SSSR count). The molecule has 3 heterocycles. The molecule has 2 aromatic carbocycles. The number of rotatable bonds is 4. The second-order valence-corrected chi connectivity index (χ2v) is 7.25. The third kappa shape index (κ3) is 3.32. The van der Waals surface area contributed by atoms with E-state index >= 15 is 0 Å². The molecule has 0 spiro atoms. The lowest BCUT2D eigenvalue weighted by atomic mass is 10.0. The van der Waals surface area contributed by atoms with Gasteiger partial charge in [-0.2, -0.15) is 4.57 Å². The number of pyridine rings is 1. The van der Waals surface area contributed by atoms with Crippen molar-refractivity contribution in [1.29, 1.82) is 0 Å². The van der Waals surface area contributed by atoms with Crippen LogP contribution in [0.2, 0.25) is 0 Å². The van der Waals surface area contributed by atoms with E-state index in [1.165, 1.54) is 39.0 Å².